The number of fused-ring (bicyclic) bond motifs is 1. The van der Waals surface area contributed by atoms with Gasteiger partial charge in [-0.1, -0.05) is 92.7 Å². The molecule has 0 saturated heterocycles. The maximum Gasteiger partial charge on any atom is 0.307 e. The Bertz CT molecular complexity index is 1330. The van der Waals surface area contributed by atoms with Crippen LogP contribution in [0.5, 0.6) is 0 Å². The number of hydrogen-bond acceptors (Lipinski definition) is 4. The van der Waals surface area contributed by atoms with Gasteiger partial charge in [0.15, 0.2) is 0 Å². The van der Waals surface area contributed by atoms with E-state index in [1.807, 2.05) is 68.5 Å². The molecule has 0 heterocycles. The Morgan fingerprint density at radius 2 is 1.58 bits per heavy atom. The number of sulfonamides is 1. The van der Waals surface area contributed by atoms with Crippen LogP contribution in [-0.2, 0) is 19.6 Å². The SMILES string of the molecule is CC(C)C[C@@H](C(=O)NN(c1cccc2ccccc12)S(C)(=O)=O)[C@H](C/C=C/c1ccccc1)C(=O)O. The molecule has 190 valence electrons. The summed E-state index contributed by atoms with van der Waals surface area (Å²) in [7, 11) is -3.93. The number of hydrogen-bond donors (Lipinski definition) is 2. The molecule has 0 radical (unpaired) electrons. The molecule has 0 fully saturated rings. The molecular formula is C28H32N2O5S. The Kier molecular flexibility index (Phi) is 8.88. The number of hydrazine groups is 1. The zero-order valence-electron chi connectivity index (χ0n) is 20.7. The summed E-state index contributed by atoms with van der Waals surface area (Å²) in [5.41, 5.74) is 3.75. The van der Waals surface area contributed by atoms with Gasteiger partial charge in [0.05, 0.1) is 23.8 Å². The fourth-order valence-electron chi connectivity index (χ4n) is 4.20. The highest BCUT2D eigenvalue weighted by molar-refractivity contribution is 7.92. The number of anilines is 1. The van der Waals surface area contributed by atoms with Crippen LogP contribution in [0.25, 0.3) is 16.8 Å². The van der Waals surface area contributed by atoms with E-state index in [0.29, 0.717) is 11.1 Å². The lowest BCUT2D eigenvalue weighted by Gasteiger charge is -2.29. The first-order chi connectivity index (χ1) is 17.1. The van der Waals surface area contributed by atoms with Crippen LogP contribution in [0.2, 0.25) is 0 Å². The third-order valence-corrected chi connectivity index (χ3v) is 6.84. The van der Waals surface area contributed by atoms with Gasteiger partial charge in [0.25, 0.3) is 0 Å². The molecule has 0 spiro atoms. The molecule has 0 aliphatic heterocycles. The van der Waals surface area contributed by atoms with Gasteiger partial charge in [0.1, 0.15) is 0 Å². The van der Waals surface area contributed by atoms with Crippen molar-refractivity contribution >= 4 is 44.4 Å². The van der Waals surface area contributed by atoms with E-state index in [2.05, 4.69) is 5.43 Å². The van der Waals surface area contributed by atoms with Crippen LogP contribution in [0.15, 0.2) is 78.9 Å². The molecule has 7 nitrogen and oxygen atoms in total. The molecule has 0 bridgehead atoms. The molecule has 0 aliphatic rings. The van der Waals surface area contributed by atoms with Gasteiger partial charge in [-0.05, 0) is 35.8 Å². The summed E-state index contributed by atoms with van der Waals surface area (Å²) in [6, 6.07) is 21.9. The van der Waals surface area contributed by atoms with Crippen molar-refractivity contribution in [2.45, 2.75) is 26.7 Å². The quantitative estimate of drug-likeness (QED) is 0.351. The van der Waals surface area contributed by atoms with Crippen molar-refractivity contribution in [3.05, 3.63) is 84.4 Å². The van der Waals surface area contributed by atoms with Crippen LogP contribution in [0.1, 0.15) is 32.3 Å². The van der Waals surface area contributed by atoms with Crippen LogP contribution < -0.4 is 9.84 Å². The second-order valence-electron chi connectivity index (χ2n) is 9.23. The lowest BCUT2D eigenvalue weighted by atomic mass is 9.82. The van der Waals surface area contributed by atoms with E-state index < -0.39 is 33.7 Å². The van der Waals surface area contributed by atoms with Crippen LogP contribution in [0.4, 0.5) is 5.69 Å². The number of benzene rings is 3. The normalized spacial score (nSPS) is 13.6. The summed E-state index contributed by atoms with van der Waals surface area (Å²) in [4.78, 5) is 25.8. The standard InChI is InChI=1S/C28H32N2O5S/c1-20(2)19-25(24(28(32)33)17-9-13-21-11-5-4-6-12-21)27(31)29-30(36(3,34)35)26-18-10-15-22-14-7-8-16-23(22)26/h4-16,18,20,24-25H,17,19H2,1-3H3,(H,29,31)(H,32,33)/b13-9+/t24-,25+/m0/s1. The lowest BCUT2D eigenvalue weighted by Crippen LogP contribution is -2.50. The van der Waals surface area contributed by atoms with Crippen molar-refractivity contribution < 1.29 is 23.1 Å². The van der Waals surface area contributed by atoms with E-state index in [4.69, 9.17) is 0 Å². The number of aliphatic carboxylic acids is 1. The van der Waals surface area contributed by atoms with Crippen molar-refractivity contribution in [1.29, 1.82) is 0 Å². The van der Waals surface area contributed by atoms with Gasteiger partial charge in [-0.2, -0.15) is 4.41 Å². The number of carbonyl (C=O) groups is 2. The molecule has 2 atom stereocenters. The van der Waals surface area contributed by atoms with Gasteiger partial charge in [-0.15, -0.1) is 0 Å². The number of nitrogens with zero attached hydrogens (tertiary/aromatic N) is 1. The van der Waals surface area contributed by atoms with Crippen LogP contribution in [-0.4, -0.2) is 31.7 Å². The first-order valence-corrected chi connectivity index (χ1v) is 13.7. The minimum Gasteiger partial charge on any atom is -0.481 e. The van der Waals surface area contributed by atoms with Gasteiger partial charge in [0.2, 0.25) is 15.9 Å². The predicted molar refractivity (Wildman–Crippen MR) is 144 cm³/mol. The number of allylic oxidation sites excluding steroid dienone is 1. The van der Waals surface area contributed by atoms with Gasteiger partial charge in [0, 0.05) is 5.39 Å². The highest BCUT2D eigenvalue weighted by Gasteiger charge is 2.35. The summed E-state index contributed by atoms with van der Waals surface area (Å²) in [6.45, 7) is 3.80. The van der Waals surface area contributed by atoms with Gasteiger partial charge in [-0.25, -0.2) is 8.42 Å². The summed E-state index contributed by atoms with van der Waals surface area (Å²) in [5, 5.41) is 11.5. The Morgan fingerprint density at radius 1 is 0.944 bits per heavy atom. The monoisotopic (exact) mass is 508 g/mol. The molecule has 3 aromatic carbocycles. The average molecular weight is 509 g/mol. The Balaban J connectivity index is 1.93. The molecular weight excluding hydrogens is 476 g/mol. The van der Waals surface area contributed by atoms with Gasteiger partial charge in [-0.3, -0.25) is 15.0 Å². The molecule has 8 heteroatoms. The maximum absolute atomic E-state index is 13.5. The van der Waals surface area contributed by atoms with Gasteiger partial charge < -0.3 is 5.11 Å². The van der Waals surface area contributed by atoms with Crippen molar-refractivity contribution in [3.8, 4) is 0 Å². The minimum absolute atomic E-state index is 0.0185. The topological polar surface area (TPSA) is 104 Å². The number of carboxylic acids is 1. The molecule has 3 rings (SSSR count). The van der Waals surface area contributed by atoms with E-state index in [-0.39, 0.29) is 18.8 Å². The molecule has 3 aromatic rings. The third-order valence-electron chi connectivity index (χ3n) is 5.89. The summed E-state index contributed by atoms with van der Waals surface area (Å²) in [6.07, 6.45) is 4.98. The lowest BCUT2D eigenvalue weighted by molar-refractivity contribution is -0.147. The smallest absolute Gasteiger partial charge is 0.307 e. The minimum atomic E-state index is -3.93. The summed E-state index contributed by atoms with van der Waals surface area (Å²) >= 11 is 0. The summed E-state index contributed by atoms with van der Waals surface area (Å²) in [5.74, 6) is -3.71. The number of amides is 1. The molecule has 2 N–H and O–H groups in total. The second kappa shape index (κ2) is 11.9. The maximum atomic E-state index is 13.5. The molecule has 0 aliphatic carbocycles. The van der Waals surface area contributed by atoms with Gasteiger partial charge >= 0.3 is 5.97 Å². The zero-order chi connectivity index (χ0) is 26.3. The Hall–Kier alpha value is -3.65. The Morgan fingerprint density at radius 3 is 2.22 bits per heavy atom. The fourth-order valence-corrected chi connectivity index (χ4v) is 4.98. The highest BCUT2D eigenvalue weighted by Crippen LogP contribution is 2.29. The predicted octanol–water partition coefficient (Wildman–Crippen LogP) is 5.10. The number of carbonyl (C=O) groups excluding carboxylic acids is 1. The first kappa shape index (κ1) is 26.9. The largest absolute Gasteiger partial charge is 0.481 e. The molecule has 0 unspecified atom stereocenters. The van der Waals surface area contributed by atoms with Crippen molar-refractivity contribution in [3.63, 3.8) is 0 Å². The zero-order valence-corrected chi connectivity index (χ0v) is 21.5. The van der Waals surface area contributed by atoms with E-state index in [0.717, 1.165) is 21.6 Å². The van der Waals surface area contributed by atoms with Crippen LogP contribution >= 0.6 is 0 Å². The first-order valence-electron chi connectivity index (χ1n) is 11.8. The number of rotatable bonds is 11. The van der Waals surface area contributed by atoms with E-state index in [1.165, 1.54) is 0 Å². The van der Waals surface area contributed by atoms with Crippen molar-refractivity contribution in [1.82, 2.24) is 5.43 Å². The Labute approximate surface area is 212 Å². The van der Waals surface area contributed by atoms with E-state index in [9.17, 15) is 23.1 Å². The van der Waals surface area contributed by atoms with Crippen molar-refractivity contribution in [2.24, 2.45) is 17.8 Å². The molecule has 36 heavy (non-hydrogen) atoms. The highest BCUT2D eigenvalue weighted by atomic mass is 32.2. The second-order valence-corrected chi connectivity index (χ2v) is 11.1. The number of nitrogens with one attached hydrogen (secondary N) is 1. The third kappa shape index (κ3) is 6.95. The van der Waals surface area contributed by atoms with E-state index >= 15 is 0 Å². The summed E-state index contributed by atoms with van der Waals surface area (Å²) < 4.78 is 26.4. The molecule has 0 saturated carbocycles. The molecule has 0 aromatic heterocycles. The van der Waals surface area contributed by atoms with Crippen molar-refractivity contribution in [2.75, 3.05) is 10.7 Å². The fraction of sp³-hybridized carbons (Fsp3) is 0.286. The molecule has 1 amide bonds. The van der Waals surface area contributed by atoms with Crippen LogP contribution in [0, 0.1) is 17.8 Å². The average Bonchev–Trinajstić information content (AvgIpc) is 2.83. The van der Waals surface area contributed by atoms with Crippen LogP contribution in [0.3, 0.4) is 0 Å². The van der Waals surface area contributed by atoms with E-state index in [1.54, 1.807) is 30.3 Å². The number of carboxylic acid groups (broad SMARTS) is 1.